The minimum absolute atomic E-state index is 0.107. The van der Waals surface area contributed by atoms with Crippen LogP contribution in [-0.4, -0.2) is 27.0 Å². The number of carbonyl (C=O) groups is 1. The molecule has 0 saturated heterocycles. The van der Waals surface area contributed by atoms with E-state index >= 15 is 0 Å². The lowest BCUT2D eigenvalue weighted by Gasteiger charge is -2.18. The summed E-state index contributed by atoms with van der Waals surface area (Å²) in [5.74, 6) is -1.89. The molecule has 0 fully saturated rings. The molecule has 2 unspecified atom stereocenters. The molecule has 0 aliphatic carbocycles. The summed E-state index contributed by atoms with van der Waals surface area (Å²) in [5, 5.41) is 31.3. The van der Waals surface area contributed by atoms with Gasteiger partial charge in [-0.1, -0.05) is 0 Å². The highest BCUT2D eigenvalue weighted by Crippen LogP contribution is 2.26. The zero-order valence-electron chi connectivity index (χ0n) is 10.3. The largest absolute Gasteiger partial charge is 0.481 e. The summed E-state index contributed by atoms with van der Waals surface area (Å²) in [6.45, 7) is 3.04. The molecular weight excluding hydrogens is 252 g/mol. The van der Waals surface area contributed by atoms with Crippen molar-refractivity contribution in [3.63, 3.8) is 0 Å². The van der Waals surface area contributed by atoms with Crippen LogP contribution < -0.4 is 5.32 Å². The minimum Gasteiger partial charge on any atom is -0.481 e. The number of hydrogen-bond acceptors (Lipinski definition) is 6. The predicted molar refractivity (Wildman–Crippen MR) is 65.5 cm³/mol. The van der Waals surface area contributed by atoms with Crippen molar-refractivity contribution in [1.29, 1.82) is 5.26 Å². The van der Waals surface area contributed by atoms with Crippen LogP contribution in [0.2, 0.25) is 0 Å². The molecule has 0 amide bonds. The molecule has 100 valence electrons. The van der Waals surface area contributed by atoms with Crippen molar-refractivity contribution < 1.29 is 14.8 Å². The molecule has 0 aliphatic rings. The minimum atomic E-state index is -1.03. The second kappa shape index (κ2) is 5.77. The van der Waals surface area contributed by atoms with E-state index in [2.05, 4.69) is 10.3 Å². The summed E-state index contributed by atoms with van der Waals surface area (Å²) < 4.78 is 0. The third-order valence-corrected chi connectivity index (χ3v) is 2.73. The Balaban J connectivity index is 3.12. The number of nitrogens with zero attached hydrogens (tertiary/aromatic N) is 3. The summed E-state index contributed by atoms with van der Waals surface area (Å²) in [4.78, 5) is 24.8. The maximum absolute atomic E-state index is 10.9. The van der Waals surface area contributed by atoms with Crippen LogP contribution in [0.5, 0.6) is 0 Å². The maximum atomic E-state index is 10.9. The molecule has 0 saturated carbocycles. The summed E-state index contributed by atoms with van der Waals surface area (Å²) in [6, 6.07) is 2.36. The smallest absolute Gasteiger partial charge is 0.328 e. The van der Waals surface area contributed by atoms with E-state index in [4.69, 9.17) is 10.4 Å². The average molecular weight is 264 g/mol. The van der Waals surface area contributed by atoms with Crippen LogP contribution in [0, 0.1) is 27.4 Å². The number of anilines is 1. The first-order valence-electron chi connectivity index (χ1n) is 5.41. The monoisotopic (exact) mass is 264 g/mol. The summed E-state index contributed by atoms with van der Waals surface area (Å²) in [7, 11) is 0. The molecule has 0 aliphatic heterocycles. The molecule has 0 bridgehead atoms. The molecular formula is C11H12N4O4. The van der Waals surface area contributed by atoms with E-state index in [0.717, 1.165) is 0 Å². The van der Waals surface area contributed by atoms with Gasteiger partial charge in [-0.3, -0.25) is 14.9 Å². The van der Waals surface area contributed by atoms with Crippen LogP contribution in [0.25, 0.3) is 0 Å². The Hall–Kier alpha value is -2.69. The predicted octanol–water partition coefficient (Wildman–Crippen LogP) is 1.38. The first-order chi connectivity index (χ1) is 8.88. The molecule has 19 heavy (non-hydrogen) atoms. The van der Waals surface area contributed by atoms with Crippen molar-refractivity contribution in [1.82, 2.24) is 4.98 Å². The van der Waals surface area contributed by atoms with Crippen molar-refractivity contribution in [3.05, 3.63) is 27.9 Å². The topological polar surface area (TPSA) is 129 Å². The summed E-state index contributed by atoms with van der Waals surface area (Å²) in [5.41, 5.74) is -0.577. The van der Waals surface area contributed by atoms with Crippen molar-refractivity contribution in [3.8, 4) is 6.07 Å². The molecule has 0 spiro atoms. The lowest BCUT2D eigenvalue weighted by Crippen LogP contribution is -2.30. The lowest BCUT2D eigenvalue weighted by molar-refractivity contribution is -0.384. The molecule has 1 rings (SSSR count). The third kappa shape index (κ3) is 3.16. The van der Waals surface area contributed by atoms with Gasteiger partial charge in [-0.2, -0.15) is 5.26 Å². The number of rotatable bonds is 5. The van der Waals surface area contributed by atoms with Gasteiger partial charge in [-0.15, -0.1) is 0 Å². The van der Waals surface area contributed by atoms with E-state index in [-0.39, 0.29) is 11.4 Å². The number of aromatic nitrogens is 1. The number of pyridine rings is 1. The van der Waals surface area contributed by atoms with Crippen molar-refractivity contribution >= 4 is 17.5 Å². The summed E-state index contributed by atoms with van der Waals surface area (Å²) in [6.07, 6.45) is 1.26. The van der Waals surface area contributed by atoms with E-state index in [1.54, 1.807) is 13.0 Å². The average Bonchev–Trinajstić information content (AvgIpc) is 2.36. The van der Waals surface area contributed by atoms with Crippen LogP contribution in [0.4, 0.5) is 11.5 Å². The van der Waals surface area contributed by atoms with Gasteiger partial charge in [0.2, 0.25) is 5.82 Å². The molecule has 8 heteroatoms. The Bertz CT molecular complexity index is 552. The van der Waals surface area contributed by atoms with Gasteiger partial charge in [0, 0.05) is 12.2 Å². The highest BCUT2D eigenvalue weighted by Gasteiger charge is 2.25. The lowest BCUT2D eigenvalue weighted by atomic mass is 10.0. The van der Waals surface area contributed by atoms with Gasteiger partial charge in [-0.25, -0.2) is 4.98 Å². The maximum Gasteiger partial charge on any atom is 0.328 e. The van der Waals surface area contributed by atoms with Crippen LogP contribution in [0.1, 0.15) is 19.4 Å². The van der Waals surface area contributed by atoms with Crippen LogP contribution in [-0.2, 0) is 4.79 Å². The van der Waals surface area contributed by atoms with Gasteiger partial charge in [0.15, 0.2) is 0 Å². The molecule has 2 atom stereocenters. The number of aliphatic carboxylic acids is 1. The Morgan fingerprint density at radius 3 is 2.74 bits per heavy atom. The number of nitrogens with one attached hydrogen (secondary N) is 1. The van der Waals surface area contributed by atoms with E-state index in [9.17, 15) is 14.9 Å². The highest BCUT2D eigenvalue weighted by atomic mass is 16.6. The number of carboxylic acids is 1. The molecule has 1 heterocycles. The normalized spacial score (nSPS) is 13.1. The molecule has 1 aromatic rings. The fourth-order valence-electron chi connectivity index (χ4n) is 1.39. The first kappa shape index (κ1) is 14.4. The zero-order chi connectivity index (χ0) is 14.6. The van der Waals surface area contributed by atoms with E-state index in [1.165, 1.54) is 19.2 Å². The van der Waals surface area contributed by atoms with Crippen LogP contribution >= 0.6 is 0 Å². The van der Waals surface area contributed by atoms with Gasteiger partial charge in [0.25, 0.3) is 0 Å². The molecule has 0 aromatic carbocycles. The first-order valence-corrected chi connectivity index (χ1v) is 5.41. The number of nitro groups is 1. The van der Waals surface area contributed by atoms with Crippen LogP contribution in [0.15, 0.2) is 12.3 Å². The van der Waals surface area contributed by atoms with Gasteiger partial charge in [-0.05, 0) is 19.9 Å². The van der Waals surface area contributed by atoms with Gasteiger partial charge < -0.3 is 10.4 Å². The van der Waals surface area contributed by atoms with Crippen molar-refractivity contribution in [2.75, 3.05) is 5.32 Å². The Morgan fingerprint density at radius 2 is 2.26 bits per heavy atom. The van der Waals surface area contributed by atoms with E-state index < -0.39 is 28.5 Å². The quantitative estimate of drug-likeness (QED) is 0.606. The zero-order valence-corrected chi connectivity index (χ0v) is 10.3. The van der Waals surface area contributed by atoms with Gasteiger partial charge in [0.05, 0.1) is 10.8 Å². The van der Waals surface area contributed by atoms with Crippen LogP contribution in [0.3, 0.4) is 0 Å². The molecule has 1 aromatic heterocycles. The third-order valence-electron chi connectivity index (χ3n) is 2.73. The molecule has 2 N–H and O–H groups in total. The molecule has 0 radical (unpaired) electrons. The Labute approximate surface area is 108 Å². The fourth-order valence-corrected chi connectivity index (χ4v) is 1.39. The molecule has 8 nitrogen and oxygen atoms in total. The standard InChI is InChI=1S/C11H12N4O4/c1-6(11(16)17)7(2)14-10-9(15(18)19)8(5-12)3-4-13-10/h3-4,6-7H,1-2H3,(H,13,14)(H,16,17). The van der Waals surface area contributed by atoms with Crippen molar-refractivity contribution in [2.24, 2.45) is 5.92 Å². The fraction of sp³-hybridized carbons (Fsp3) is 0.364. The highest BCUT2D eigenvalue weighted by molar-refractivity contribution is 5.72. The van der Waals surface area contributed by atoms with Crippen molar-refractivity contribution in [2.45, 2.75) is 19.9 Å². The van der Waals surface area contributed by atoms with E-state index in [1.807, 2.05) is 0 Å². The van der Waals surface area contributed by atoms with Gasteiger partial charge >= 0.3 is 11.7 Å². The SMILES string of the molecule is CC(Nc1nccc(C#N)c1[N+](=O)[O-])C(C)C(=O)O. The Morgan fingerprint density at radius 1 is 1.63 bits per heavy atom. The number of nitriles is 1. The van der Waals surface area contributed by atoms with Gasteiger partial charge in [0.1, 0.15) is 11.6 Å². The Kier molecular flexibility index (Phi) is 4.36. The van der Waals surface area contributed by atoms with E-state index in [0.29, 0.717) is 0 Å². The second-order valence-electron chi connectivity index (χ2n) is 3.98. The number of hydrogen-bond donors (Lipinski definition) is 2. The second-order valence-corrected chi connectivity index (χ2v) is 3.98. The summed E-state index contributed by atoms with van der Waals surface area (Å²) >= 11 is 0. The number of carboxylic acid groups (broad SMARTS) is 1.